The van der Waals surface area contributed by atoms with Crippen LogP contribution in [0.25, 0.3) is 0 Å². The first kappa shape index (κ1) is 11.0. The number of benzene rings is 1. The van der Waals surface area contributed by atoms with Crippen molar-refractivity contribution in [2.75, 3.05) is 12.8 Å². The SMILES string of the molecule is COC(Cc1cccc(N)c1)C(O)O. The predicted molar refractivity (Wildman–Crippen MR) is 53.6 cm³/mol. The van der Waals surface area contributed by atoms with Crippen LogP contribution in [0.2, 0.25) is 0 Å². The standard InChI is InChI=1S/C10H15NO3/c1-14-9(10(12)13)6-7-3-2-4-8(11)5-7/h2-5,9-10,12-13H,6,11H2,1H3. The Bertz CT molecular complexity index is 288. The summed E-state index contributed by atoms with van der Waals surface area (Å²) in [5, 5.41) is 17.9. The number of aliphatic hydroxyl groups is 2. The van der Waals surface area contributed by atoms with E-state index in [9.17, 15) is 0 Å². The molecule has 4 N–H and O–H groups in total. The molecule has 0 aliphatic rings. The molecule has 1 aromatic carbocycles. The monoisotopic (exact) mass is 197 g/mol. The molecular formula is C10H15NO3. The van der Waals surface area contributed by atoms with Crippen molar-refractivity contribution in [2.45, 2.75) is 18.8 Å². The molecular weight excluding hydrogens is 182 g/mol. The van der Waals surface area contributed by atoms with Gasteiger partial charge in [-0.2, -0.15) is 0 Å². The highest BCUT2D eigenvalue weighted by Gasteiger charge is 2.15. The summed E-state index contributed by atoms with van der Waals surface area (Å²) in [4.78, 5) is 0. The number of rotatable bonds is 4. The van der Waals surface area contributed by atoms with Crippen molar-refractivity contribution in [1.29, 1.82) is 0 Å². The lowest BCUT2D eigenvalue weighted by atomic mass is 10.1. The van der Waals surface area contributed by atoms with Gasteiger partial charge in [0.15, 0.2) is 6.29 Å². The quantitative estimate of drug-likeness (QED) is 0.474. The summed E-state index contributed by atoms with van der Waals surface area (Å²) >= 11 is 0. The molecule has 0 fully saturated rings. The van der Waals surface area contributed by atoms with Crippen molar-refractivity contribution in [3.63, 3.8) is 0 Å². The van der Waals surface area contributed by atoms with E-state index in [0.717, 1.165) is 5.56 Å². The summed E-state index contributed by atoms with van der Waals surface area (Å²) in [6.45, 7) is 0. The van der Waals surface area contributed by atoms with Crippen molar-refractivity contribution in [2.24, 2.45) is 0 Å². The Labute approximate surface area is 82.9 Å². The highest BCUT2D eigenvalue weighted by Crippen LogP contribution is 2.11. The third kappa shape index (κ3) is 2.99. The molecule has 0 aromatic heterocycles. The summed E-state index contributed by atoms with van der Waals surface area (Å²) in [7, 11) is 1.44. The zero-order valence-electron chi connectivity index (χ0n) is 8.05. The normalized spacial score (nSPS) is 13.1. The van der Waals surface area contributed by atoms with Gasteiger partial charge in [0.05, 0.1) is 0 Å². The molecule has 0 heterocycles. The van der Waals surface area contributed by atoms with Crippen LogP contribution in [0.4, 0.5) is 5.69 Å². The molecule has 0 bridgehead atoms. The van der Waals surface area contributed by atoms with Gasteiger partial charge >= 0.3 is 0 Å². The first-order valence-corrected chi connectivity index (χ1v) is 4.37. The van der Waals surface area contributed by atoms with Gasteiger partial charge in [-0.25, -0.2) is 0 Å². The number of nitrogens with two attached hydrogens (primary N) is 1. The van der Waals surface area contributed by atoms with E-state index in [1.165, 1.54) is 7.11 Å². The topological polar surface area (TPSA) is 75.7 Å². The Balaban J connectivity index is 2.67. The Morgan fingerprint density at radius 2 is 2.14 bits per heavy atom. The summed E-state index contributed by atoms with van der Waals surface area (Å²) in [6.07, 6.45) is -1.66. The van der Waals surface area contributed by atoms with Gasteiger partial charge in [0.2, 0.25) is 0 Å². The summed E-state index contributed by atoms with van der Waals surface area (Å²) in [5.41, 5.74) is 7.16. The van der Waals surface area contributed by atoms with Crippen LogP contribution >= 0.6 is 0 Å². The molecule has 0 aliphatic heterocycles. The zero-order valence-corrected chi connectivity index (χ0v) is 8.05. The molecule has 4 nitrogen and oxygen atoms in total. The van der Waals surface area contributed by atoms with Crippen molar-refractivity contribution in [3.05, 3.63) is 29.8 Å². The lowest BCUT2D eigenvalue weighted by Crippen LogP contribution is -2.29. The van der Waals surface area contributed by atoms with Crippen LogP contribution in [0.15, 0.2) is 24.3 Å². The lowest BCUT2D eigenvalue weighted by Gasteiger charge is -2.17. The molecule has 1 atom stereocenters. The first-order chi connectivity index (χ1) is 6.63. The van der Waals surface area contributed by atoms with Crippen LogP contribution in [0.3, 0.4) is 0 Å². The number of aliphatic hydroxyl groups excluding tert-OH is 1. The summed E-state index contributed by atoms with van der Waals surface area (Å²) < 4.78 is 4.91. The minimum Gasteiger partial charge on any atom is -0.399 e. The fraction of sp³-hybridized carbons (Fsp3) is 0.400. The van der Waals surface area contributed by atoms with E-state index in [-0.39, 0.29) is 0 Å². The molecule has 0 saturated heterocycles. The maximum atomic E-state index is 8.94. The van der Waals surface area contributed by atoms with Crippen LogP contribution in [-0.2, 0) is 11.2 Å². The molecule has 78 valence electrons. The molecule has 0 saturated carbocycles. The van der Waals surface area contributed by atoms with Crippen molar-refractivity contribution >= 4 is 5.69 Å². The lowest BCUT2D eigenvalue weighted by molar-refractivity contribution is -0.133. The number of anilines is 1. The molecule has 14 heavy (non-hydrogen) atoms. The van der Waals surface area contributed by atoms with Gasteiger partial charge < -0.3 is 20.7 Å². The van der Waals surface area contributed by atoms with E-state index < -0.39 is 12.4 Å². The Hall–Kier alpha value is -1.10. The molecule has 0 aliphatic carbocycles. The van der Waals surface area contributed by atoms with Crippen molar-refractivity contribution < 1.29 is 14.9 Å². The van der Waals surface area contributed by atoms with Gasteiger partial charge in [0.25, 0.3) is 0 Å². The number of hydrogen-bond acceptors (Lipinski definition) is 4. The average Bonchev–Trinajstić information content (AvgIpc) is 2.14. The van der Waals surface area contributed by atoms with E-state index in [1.807, 2.05) is 12.1 Å². The smallest absolute Gasteiger partial charge is 0.178 e. The van der Waals surface area contributed by atoms with Crippen LogP contribution in [0.1, 0.15) is 5.56 Å². The highest BCUT2D eigenvalue weighted by molar-refractivity contribution is 5.40. The van der Waals surface area contributed by atoms with Crippen LogP contribution in [0, 0.1) is 0 Å². The van der Waals surface area contributed by atoms with E-state index in [0.29, 0.717) is 12.1 Å². The molecule has 0 amide bonds. The van der Waals surface area contributed by atoms with Gasteiger partial charge in [0.1, 0.15) is 6.10 Å². The Morgan fingerprint density at radius 1 is 1.43 bits per heavy atom. The number of ether oxygens (including phenoxy) is 1. The minimum absolute atomic E-state index is 0.430. The Morgan fingerprint density at radius 3 is 2.64 bits per heavy atom. The van der Waals surface area contributed by atoms with Gasteiger partial charge in [-0.1, -0.05) is 12.1 Å². The van der Waals surface area contributed by atoms with E-state index >= 15 is 0 Å². The predicted octanol–water partition coefficient (Wildman–Crippen LogP) is 0.137. The van der Waals surface area contributed by atoms with Gasteiger partial charge in [-0.3, -0.25) is 0 Å². The second-order valence-corrected chi connectivity index (χ2v) is 3.14. The van der Waals surface area contributed by atoms with Gasteiger partial charge in [0, 0.05) is 19.2 Å². The maximum absolute atomic E-state index is 8.94. The van der Waals surface area contributed by atoms with E-state index in [4.69, 9.17) is 20.7 Å². The molecule has 1 unspecified atom stereocenters. The molecule has 1 aromatic rings. The number of hydrogen-bond donors (Lipinski definition) is 3. The summed E-state index contributed by atoms with van der Waals surface area (Å²) in [5.74, 6) is 0. The minimum atomic E-state index is -1.47. The molecule has 1 rings (SSSR count). The highest BCUT2D eigenvalue weighted by atomic mass is 16.5. The third-order valence-corrected chi connectivity index (χ3v) is 2.02. The molecule has 0 radical (unpaired) electrons. The van der Waals surface area contributed by atoms with E-state index in [2.05, 4.69) is 0 Å². The second-order valence-electron chi connectivity index (χ2n) is 3.14. The molecule has 4 heteroatoms. The maximum Gasteiger partial charge on any atom is 0.178 e. The second kappa shape index (κ2) is 4.95. The zero-order chi connectivity index (χ0) is 10.6. The van der Waals surface area contributed by atoms with Crippen LogP contribution < -0.4 is 5.73 Å². The molecule has 0 spiro atoms. The summed E-state index contributed by atoms with van der Waals surface area (Å²) in [6, 6.07) is 7.25. The van der Waals surface area contributed by atoms with Crippen LogP contribution in [-0.4, -0.2) is 29.7 Å². The van der Waals surface area contributed by atoms with Crippen molar-refractivity contribution in [3.8, 4) is 0 Å². The van der Waals surface area contributed by atoms with E-state index in [1.54, 1.807) is 12.1 Å². The third-order valence-electron chi connectivity index (χ3n) is 2.02. The largest absolute Gasteiger partial charge is 0.399 e. The number of methoxy groups -OCH3 is 1. The fourth-order valence-electron chi connectivity index (χ4n) is 1.26. The van der Waals surface area contributed by atoms with Gasteiger partial charge in [-0.05, 0) is 17.7 Å². The number of nitrogen functional groups attached to an aromatic ring is 1. The van der Waals surface area contributed by atoms with Crippen LogP contribution in [0.5, 0.6) is 0 Å². The Kier molecular flexibility index (Phi) is 3.88. The fourth-order valence-corrected chi connectivity index (χ4v) is 1.26. The van der Waals surface area contributed by atoms with Gasteiger partial charge in [-0.15, -0.1) is 0 Å². The average molecular weight is 197 g/mol. The first-order valence-electron chi connectivity index (χ1n) is 4.37. The van der Waals surface area contributed by atoms with Crippen molar-refractivity contribution in [1.82, 2.24) is 0 Å².